The molecule has 1 aromatic heterocycles. The first kappa shape index (κ1) is 25.0. The molecule has 0 atom stereocenters. The Labute approximate surface area is 222 Å². The Morgan fingerprint density at radius 2 is 1.70 bits per heavy atom. The van der Waals surface area contributed by atoms with Gasteiger partial charge in [0.1, 0.15) is 12.4 Å². The quantitative estimate of drug-likeness (QED) is 0.236. The van der Waals surface area contributed by atoms with Gasteiger partial charge in [0, 0.05) is 30.0 Å². The Morgan fingerprint density at radius 3 is 2.46 bits per heavy atom. The van der Waals surface area contributed by atoms with E-state index in [-0.39, 0.29) is 6.42 Å². The summed E-state index contributed by atoms with van der Waals surface area (Å²) in [5.41, 5.74) is 7.24. The Bertz CT molecular complexity index is 1350. The van der Waals surface area contributed by atoms with E-state index in [4.69, 9.17) is 14.8 Å². The standard InChI is InChI=1S/C31H32N2O3S/c1-2-19-33(31-32-30-27-6-4-3-5-25(27)14-17-28(30)37-31)20-23-7-9-24(10-8-23)21-36-26-15-11-22(12-16-26)13-18-29(34)35/h3-12,15-16H,2,13-14,17-21H2,1H3,(H,34,35). The van der Waals surface area contributed by atoms with Crippen LogP contribution in [0.15, 0.2) is 72.8 Å². The summed E-state index contributed by atoms with van der Waals surface area (Å²) in [6.45, 7) is 4.52. The first-order chi connectivity index (χ1) is 18.1. The highest BCUT2D eigenvalue weighted by Gasteiger charge is 2.22. The molecule has 0 aliphatic heterocycles. The molecule has 37 heavy (non-hydrogen) atoms. The lowest BCUT2D eigenvalue weighted by Crippen LogP contribution is -2.23. The molecule has 1 aliphatic rings. The molecule has 190 valence electrons. The van der Waals surface area contributed by atoms with E-state index in [9.17, 15) is 4.79 Å². The monoisotopic (exact) mass is 512 g/mol. The molecule has 3 aromatic carbocycles. The molecule has 1 N–H and O–H groups in total. The molecule has 0 saturated heterocycles. The number of ether oxygens (including phenoxy) is 1. The molecular formula is C31H32N2O3S. The summed E-state index contributed by atoms with van der Waals surface area (Å²) < 4.78 is 5.94. The molecule has 0 bridgehead atoms. The summed E-state index contributed by atoms with van der Waals surface area (Å²) in [5, 5.41) is 9.94. The van der Waals surface area contributed by atoms with E-state index >= 15 is 0 Å². The molecule has 0 amide bonds. The summed E-state index contributed by atoms with van der Waals surface area (Å²) in [4.78, 5) is 19.7. The fraction of sp³-hybridized carbons (Fsp3) is 0.290. The van der Waals surface area contributed by atoms with Crippen molar-refractivity contribution < 1.29 is 14.6 Å². The zero-order valence-corrected chi connectivity index (χ0v) is 22.0. The number of hydrogen-bond donors (Lipinski definition) is 1. The molecule has 5 nitrogen and oxygen atoms in total. The Morgan fingerprint density at radius 1 is 0.973 bits per heavy atom. The van der Waals surface area contributed by atoms with Gasteiger partial charge in [0.05, 0.1) is 5.69 Å². The number of rotatable bonds is 11. The highest BCUT2D eigenvalue weighted by Crippen LogP contribution is 2.39. The number of anilines is 1. The van der Waals surface area contributed by atoms with Crippen LogP contribution < -0.4 is 9.64 Å². The molecule has 5 rings (SSSR count). The Hall–Kier alpha value is -3.64. The van der Waals surface area contributed by atoms with Gasteiger partial charge in [-0.3, -0.25) is 4.79 Å². The van der Waals surface area contributed by atoms with Crippen molar-refractivity contribution in [2.45, 2.75) is 52.2 Å². The second kappa shape index (κ2) is 11.6. The van der Waals surface area contributed by atoms with Crippen LogP contribution in [0.2, 0.25) is 0 Å². The highest BCUT2D eigenvalue weighted by atomic mass is 32.1. The zero-order chi connectivity index (χ0) is 25.6. The number of carbonyl (C=O) groups is 1. The topological polar surface area (TPSA) is 62.7 Å². The van der Waals surface area contributed by atoms with Crippen LogP contribution in [-0.2, 0) is 37.2 Å². The van der Waals surface area contributed by atoms with Gasteiger partial charge in [0.2, 0.25) is 0 Å². The minimum absolute atomic E-state index is 0.140. The lowest BCUT2D eigenvalue weighted by atomic mass is 9.94. The number of aliphatic carboxylic acids is 1. The lowest BCUT2D eigenvalue weighted by Gasteiger charge is -2.21. The third-order valence-electron chi connectivity index (χ3n) is 6.70. The van der Waals surface area contributed by atoms with Crippen molar-refractivity contribution in [1.82, 2.24) is 4.98 Å². The predicted molar refractivity (Wildman–Crippen MR) is 149 cm³/mol. The molecule has 0 spiro atoms. The van der Waals surface area contributed by atoms with Gasteiger partial charge < -0.3 is 14.7 Å². The van der Waals surface area contributed by atoms with Gasteiger partial charge in [-0.1, -0.05) is 67.6 Å². The van der Waals surface area contributed by atoms with E-state index < -0.39 is 5.97 Å². The molecule has 4 aromatic rings. The molecule has 0 saturated carbocycles. The SMILES string of the molecule is CCCN(Cc1ccc(COc2ccc(CCC(=O)O)cc2)cc1)c1nc2c(s1)CCc1ccccc1-2. The van der Waals surface area contributed by atoms with Crippen molar-refractivity contribution in [1.29, 1.82) is 0 Å². The predicted octanol–water partition coefficient (Wildman–Crippen LogP) is 6.92. The van der Waals surface area contributed by atoms with Gasteiger partial charge in [0.25, 0.3) is 0 Å². The number of carboxylic acid groups (broad SMARTS) is 1. The van der Waals surface area contributed by atoms with Gasteiger partial charge in [0.15, 0.2) is 5.13 Å². The molecule has 1 heterocycles. The van der Waals surface area contributed by atoms with E-state index in [1.807, 2.05) is 35.6 Å². The fourth-order valence-corrected chi connectivity index (χ4v) is 5.81. The van der Waals surface area contributed by atoms with Crippen LogP contribution in [0.4, 0.5) is 5.13 Å². The number of nitrogens with zero attached hydrogens (tertiary/aromatic N) is 2. The van der Waals surface area contributed by atoms with E-state index in [1.165, 1.54) is 27.3 Å². The molecule has 0 radical (unpaired) electrons. The van der Waals surface area contributed by atoms with Crippen LogP contribution in [0.25, 0.3) is 11.3 Å². The number of hydrogen-bond acceptors (Lipinski definition) is 5. The van der Waals surface area contributed by atoms with Crippen LogP contribution in [0, 0.1) is 0 Å². The largest absolute Gasteiger partial charge is 0.489 e. The summed E-state index contributed by atoms with van der Waals surface area (Å²) in [7, 11) is 0. The van der Waals surface area contributed by atoms with Gasteiger partial charge in [-0.25, -0.2) is 4.98 Å². The van der Waals surface area contributed by atoms with Crippen LogP contribution in [0.5, 0.6) is 5.75 Å². The van der Waals surface area contributed by atoms with Crippen LogP contribution in [0.3, 0.4) is 0 Å². The van der Waals surface area contributed by atoms with E-state index in [1.54, 1.807) is 0 Å². The fourth-order valence-electron chi connectivity index (χ4n) is 4.72. The molecule has 0 fully saturated rings. The third kappa shape index (κ3) is 6.20. The van der Waals surface area contributed by atoms with Crippen LogP contribution in [-0.4, -0.2) is 22.6 Å². The summed E-state index contributed by atoms with van der Waals surface area (Å²) in [6, 6.07) is 24.9. The number of carboxylic acids is 1. The minimum Gasteiger partial charge on any atom is -0.489 e. The van der Waals surface area contributed by atoms with E-state index in [0.717, 1.165) is 54.4 Å². The number of fused-ring (bicyclic) bond motifs is 3. The first-order valence-corrected chi connectivity index (χ1v) is 13.7. The van der Waals surface area contributed by atoms with E-state index in [0.29, 0.717) is 13.0 Å². The van der Waals surface area contributed by atoms with Gasteiger partial charge in [-0.2, -0.15) is 0 Å². The molecular weight excluding hydrogens is 480 g/mol. The minimum atomic E-state index is -0.780. The maximum Gasteiger partial charge on any atom is 0.303 e. The Kier molecular flexibility index (Phi) is 7.85. The van der Waals surface area contributed by atoms with Crippen LogP contribution in [0.1, 0.15) is 46.9 Å². The second-order valence-electron chi connectivity index (χ2n) is 9.49. The number of aryl methyl sites for hydroxylation is 3. The van der Waals surface area contributed by atoms with Crippen molar-refractivity contribution in [3.63, 3.8) is 0 Å². The van der Waals surface area contributed by atoms with Crippen molar-refractivity contribution in [2.75, 3.05) is 11.4 Å². The second-order valence-corrected chi connectivity index (χ2v) is 10.6. The van der Waals surface area contributed by atoms with Crippen molar-refractivity contribution in [3.8, 4) is 17.0 Å². The first-order valence-electron chi connectivity index (χ1n) is 12.9. The third-order valence-corrected chi connectivity index (χ3v) is 7.87. The van der Waals surface area contributed by atoms with Gasteiger partial charge >= 0.3 is 5.97 Å². The molecule has 0 unspecified atom stereocenters. The maximum atomic E-state index is 10.7. The Balaban J connectivity index is 1.21. The summed E-state index contributed by atoms with van der Waals surface area (Å²) in [5.74, 6) is 0.00437. The molecule has 6 heteroatoms. The van der Waals surface area contributed by atoms with Crippen molar-refractivity contribution in [3.05, 3.63) is 99.9 Å². The smallest absolute Gasteiger partial charge is 0.303 e. The van der Waals surface area contributed by atoms with Crippen molar-refractivity contribution >= 4 is 22.4 Å². The maximum absolute atomic E-state index is 10.7. The normalized spacial score (nSPS) is 12.0. The van der Waals surface area contributed by atoms with Gasteiger partial charge in [-0.15, -0.1) is 11.3 Å². The number of benzene rings is 3. The number of aromatic nitrogens is 1. The summed E-state index contributed by atoms with van der Waals surface area (Å²) >= 11 is 1.85. The number of thiazole rings is 1. The zero-order valence-electron chi connectivity index (χ0n) is 21.2. The lowest BCUT2D eigenvalue weighted by molar-refractivity contribution is -0.136. The summed E-state index contributed by atoms with van der Waals surface area (Å²) in [6.07, 6.45) is 3.91. The molecule has 1 aliphatic carbocycles. The van der Waals surface area contributed by atoms with Crippen molar-refractivity contribution in [2.24, 2.45) is 0 Å². The average Bonchev–Trinajstić information content (AvgIpc) is 3.37. The average molecular weight is 513 g/mol. The van der Waals surface area contributed by atoms with Gasteiger partial charge in [-0.05, 0) is 60.1 Å². The van der Waals surface area contributed by atoms with Crippen LogP contribution >= 0.6 is 11.3 Å². The van der Waals surface area contributed by atoms with E-state index in [2.05, 4.69) is 60.4 Å². The highest BCUT2D eigenvalue weighted by molar-refractivity contribution is 7.16.